The molecule has 0 unspecified atom stereocenters. The van der Waals surface area contributed by atoms with Crippen LogP contribution in [-0.2, 0) is 11.3 Å². The maximum Gasteiger partial charge on any atom is 0.349 e. The van der Waals surface area contributed by atoms with Crippen molar-refractivity contribution in [3.63, 3.8) is 0 Å². The standard InChI is InChI=1S/C22H14BrClFN3O2/c23-16-6-2-4-8-18(16)26-20(29)12-28-19-10-9-13(24)11-15(19)21(27-22(28)30)14-5-1-3-7-17(14)25/h1-11H,12H2,(H,26,29). The predicted octanol–water partition coefficient (Wildman–Crippen LogP) is 5.26. The molecule has 1 aromatic heterocycles. The molecule has 30 heavy (non-hydrogen) atoms. The van der Waals surface area contributed by atoms with Gasteiger partial charge in [0.05, 0.1) is 16.9 Å². The summed E-state index contributed by atoms with van der Waals surface area (Å²) in [6.07, 6.45) is 0. The summed E-state index contributed by atoms with van der Waals surface area (Å²) in [5, 5.41) is 3.64. The molecule has 0 spiro atoms. The number of nitrogens with one attached hydrogen (secondary N) is 1. The van der Waals surface area contributed by atoms with Crippen molar-refractivity contribution in [2.75, 3.05) is 5.32 Å². The molecular weight excluding hydrogens is 473 g/mol. The first-order valence-electron chi connectivity index (χ1n) is 8.93. The molecule has 0 saturated heterocycles. The number of hydrogen-bond acceptors (Lipinski definition) is 3. The smallest absolute Gasteiger partial charge is 0.324 e. The quantitative estimate of drug-likeness (QED) is 0.428. The van der Waals surface area contributed by atoms with E-state index < -0.39 is 17.4 Å². The molecule has 1 N–H and O–H groups in total. The second-order valence-corrected chi connectivity index (χ2v) is 7.79. The zero-order valence-electron chi connectivity index (χ0n) is 15.4. The molecular formula is C22H14BrClFN3O2. The third-order valence-corrected chi connectivity index (χ3v) is 5.45. The molecule has 0 aliphatic heterocycles. The second kappa shape index (κ2) is 8.38. The van der Waals surface area contributed by atoms with Gasteiger partial charge in [-0.1, -0.05) is 35.9 Å². The van der Waals surface area contributed by atoms with E-state index in [1.165, 1.54) is 10.6 Å². The number of benzene rings is 3. The summed E-state index contributed by atoms with van der Waals surface area (Å²) < 4.78 is 16.3. The van der Waals surface area contributed by atoms with Gasteiger partial charge in [-0.25, -0.2) is 9.18 Å². The Kier molecular flexibility index (Phi) is 5.65. The number of halogens is 3. The fourth-order valence-corrected chi connectivity index (χ4v) is 3.72. The third kappa shape index (κ3) is 3.99. The Labute approximate surface area is 184 Å². The summed E-state index contributed by atoms with van der Waals surface area (Å²) in [6, 6.07) is 18.0. The molecule has 3 aromatic carbocycles. The zero-order chi connectivity index (χ0) is 21.3. The van der Waals surface area contributed by atoms with E-state index in [1.807, 2.05) is 6.07 Å². The Bertz CT molecular complexity index is 1340. The largest absolute Gasteiger partial charge is 0.349 e. The number of nitrogens with zero attached hydrogens (tertiary/aromatic N) is 2. The summed E-state index contributed by atoms with van der Waals surface area (Å²) >= 11 is 9.52. The van der Waals surface area contributed by atoms with Gasteiger partial charge in [-0.05, 0) is 58.4 Å². The topological polar surface area (TPSA) is 64.0 Å². The average Bonchev–Trinajstić information content (AvgIpc) is 2.72. The van der Waals surface area contributed by atoms with Crippen LogP contribution in [0, 0.1) is 5.82 Å². The van der Waals surface area contributed by atoms with Crippen molar-refractivity contribution in [2.24, 2.45) is 0 Å². The zero-order valence-corrected chi connectivity index (χ0v) is 17.7. The number of aromatic nitrogens is 2. The molecule has 4 rings (SSSR count). The summed E-state index contributed by atoms with van der Waals surface area (Å²) in [4.78, 5) is 29.5. The fraction of sp³-hybridized carbons (Fsp3) is 0.0455. The SMILES string of the molecule is O=C(Cn1c(=O)nc(-c2ccccc2F)c2cc(Cl)ccc21)Nc1ccccc1Br. The average molecular weight is 487 g/mol. The van der Waals surface area contributed by atoms with Crippen LogP contribution >= 0.6 is 27.5 Å². The predicted molar refractivity (Wildman–Crippen MR) is 119 cm³/mol. The van der Waals surface area contributed by atoms with Crippen molar-refractivity contribution in [3.8, 4) is 11.3 Å². The molecule has 0 aliphatic carbocycles. The van der Waals surface area contributed by atoms with Crippen LogP contribution in [-0.4, -0.2) is 15.5 Å². The van der Waals surface area contributed by atoms with E-state index in [9.17, 15) is 14.0 Å². The highest BCUT2D eigenvalue weighted by Gasteiger charge is 2.17. The lowest BCUT2D eigenvalue weighted by molar-refractivity contribution is -0.116. The van der Waals surface area contributed by atoms with Gasteiger partial charge in [0.25, 0.3) is 0 Å². The van der Waals surface area contributed by atoms with Gasteiger partial charge in [-0.3, -0.25) is 9.36 Å². The maximum atomic E-state index is 14.4. The first-order chi connectivity index (χ1) is 14.4. The Hall–Kier alpha value is -3.03. The van der Waals surface area contributed by atoms with Crippen LogP contribution in [0.15, 0.2) is 76.0 Å². The molecule has 0 radical (unpaired) electrons. The fourth-order valence-electron chi connectivity index (χ4n) is 3.16. The van der Waals surface area contributed by atoms with E-state index in [2.05, 4.69) is 26.2 Å². The minimum absolute atomic E-state index is 0.179. The van der Waals surface area contributed by atoms with Crippen LogP contribution in [0.4, 0.5) is 10.1 Å². The van der Waals surface area contributed by atoms with E-state index >= 15 is 0 Å². The number of carbonyl (C=O) groups is 1. The molecule has 0 saturated carbocycles. The number of rotatable bonds is 4. The van der Waals surface area contributed by atoms with Crippen LogP contribution in [0.25, 0.3) is 22.2 Å². The Morgan fingerprint density at radius 2 is 1.83 bits per heavy atom. The first-order valence-corrected chi connectivity index (χ1v) is 10.1. The van der Waals surface area contributed by atoms with Crippen LogP contribution in [0.2, 0.25) is 5.02 Å². The van der Waals surface area contributed by atoms with Gasteiger partial charge in [-0.2, -0.15) is 4.98 Å². The van der Waals surface area contributed by atoms with Crippen LogP contribution < -0.4 is 11.0 Å². The molecule has 5 nitrogen and oxygen atoms in total. The van der Waals surface area contributed by atoms with Crippen LogP contribution in [0.5, 0.6) is 0 Å². The molecule has 0 fully saturated rings. The van der Waals surface area contributed by atoms with Gasteiger partial charge in [0.2, 0.25) is 5.91 Å². The number of para-hydroxylation sites is 1. The number of anilines is 1. The molecule has 0 aliphatic rings. The Balaban J connectivity index is 1.80. The van der Waals surface area contributed by atoms with E-state index in [0.29, 0.717) is 21.6 Å². The van der Waals surface area contributed by atoms with E-state index in [-0.39, 0.29) is 17.8 Å². The number of carbonyl (C=O) groups excluding carboxylic acids is 1. The molecule has 4 aromatic rings. The first kappa shape index (κ1) is 20.3. The highest BCUT2D eigenvalue weighted by atomic mass is 79.9. The molecule has 1 heterocycles. The van der Waals surface area contributed by atoms with Crippen LogP contribution in [0.3, 0.4) is 0 Å². The monoisotopic (exact) mass is 485 g/mol. The minimum Gasteiger partial charge on any atom is -0.324 e. The summed E-state index contributed by atoms with van der Waals surface area (Å²) in [5.41, 5.74) is 0.717. The van der Waals surface area contributed by atoms with Crippen molar-refractivity contribution in [2.45, 2.75) is 6.54 Å². The maximum absolute atomic E-state index is 14.4. The molecule has 150 valence electrons. The summed E-state index contributed by atoms with van der Waals surface area (Å²) in [6.45, 7) is -0.261. The lowest BCUT2D eigenvalue weighted by Gasteiger charge is -2.14. The van der Waals surface area contributed by atoms with Gasteiger partial charge in [0, 0.05) is 20.4 Å². The van der Waals surface area contributed by atoms with Crippen molar-refractivity contribution >= 4 is 50.0 Å². The molecule has 0 bridgehead atoms. The lowest BCUT2D eigenvalue weighted by atomic mass is 10.1. The van der Waals surface area contributed by atoms with Gasteiger partial charge >= 0.3 is 5.69 Å². The van der Waals surface area contributed by atoms with Gasteiger partial charge < -0.3 is 5.32 Å². The van der Waals surface area contributed by atoms with Gasteiger partial charge in [0.15, 0.2) is 0 Å². The lowest BCUT2D eigenvalue weighted by Crippen LogP contribution is -2.30. The van der Waals surface area contributed by atoms with Gasteiger partial charge in [0.1, 0.15) is 12.4 Å². The van der Waals surface area contributed by atoms with Crippen molar-refractivity contribution in [1.82, 2.24) is 9.55 Å². The highest BCUT2D eigenvalue weighted by Crippen LogP contribution is 2.29. The number of hydrogen-bond donors (Lipinski definition) is 1. The Morgan fingerprint density at radius 1 is 1.10 bits per heavy atom. The van der Waals surface area contributed by atoms with Crippen molar-refractivity contribution in [3.05, 3.63) is 92.5 Å². The number of fused-ring (bicyclic) bond motifs is 1. The van der Waals surface area contributed by atoms with E-state index in [4.69, 9.17) is 11.6 Å². The van der Waals surface area contributed by atoms with E-state index in [1.54, 1.807) is 54.6 Å². The summed E-state index contributed by atoms with van der Waals surface area (Å²) in [5.74, 6) is -0.907. The minimum atomic E-state index is -0.662. The van der Waals surface area contributed by atoms with E-state index in [0.717, 1.165) is 4.47 Å². The number of amides is 1. The molecule has 1 amide bonds. The second-order valence-electron chi connectivity index (χ2n) is 6.50. The Morgan fingerprint density at radius 3 is 2.60 bits per heavy atom. The van der Waals surface area contributed by atoms with Crippen molar-refractivity contribution < 1.29 is 9.18 Å². The van der Waals surface area contributed by atoms with Gasteiger partial charge in [-0.15, -0.1) is 0 Å². The van der Waals surface area contributed by atoms with Crippen molar-refractivity contribution in [1.29, 1.82) is 0 Å². The molecule has 0 atom stereocenters. The van der Waals surface area contributed by atoms with Crippen LogP contribution in [0.1, 0.15) is 0 Å². The third-order valence-electron chi connectivity index (χ3n) is 4.52. The highest BCUT2D eigenvalue weighted by molar-refractivity contribution is 9.10. The summed E-state index contributed by atoms with van der Waals surface area (Å²) in [7, 11) is 0. The molecule has 8 heteroatoms. The normalized spacial score (nSPS) is 10.9.